The summed E-state index contributed by atoms with van der Waals surface area (Å²) in [7, 11) is 0. The second kappa shape index (κ2) is 5.23. The molecule has 4 nitrogen and oxygen atoms in total. The van der Waals surface area contributed by atoms with Crippen molar-refractivity contribution in [2.45, 2.75) is 19.8 Å². The lowest BCUT2D eigenvalue weighted by Crippen LogP contribution is -1.98. The second-order valence-electron chi connectivity index (χ2n) is 4.21. The summed E-state index contributed by atoms with van der Waals surface area (Å²) in [5, 5.41) is 0.194. The fraction of sp³-hybridized carbons (Fsp3) is 0.231. The van der Waals surface area contributed by atoms with Crippen LogP contribution in [0.5, 0.6) is 11.6 Å². The maximum atomic E-state index is 5.81. The summed E-state index contributed by atoms with van der Waals surface area (Å²) < 4.78 is 5.62. The summed E-state index contributed by atoms with van der Waals surface area (Å²) in [5.41, 5.74) is 7.18. The molecule has 1 aromatic heterocycles. The predicted octanol–water partition coefficient (Wildman–Crippen LogP) is 3.63. The number of nitrogens with two attached hydrogens (primary N) is 1. The van der Waals surface area contributed by atoms with Crippen LogP contribution in [-0.2, 0) is 0 Å². The molecule has 0 atom stereocenters. The second-order valence-corrected chi connectivity index (χ2v) is 4.57. The van der Waals surface area contributed by atoms with Gasteiger partial charge in [-0.2, -0.15) is 4.98 Å². The van der Waals surface area contributed by atoms with Gasteiger partial charge >= 0.3 is 0 Å². The first-order chi connectivity index (χ1) is 8.58. The Balaban J connectivity index is 2.28. The molecular formula is C13H14ClN3O. The number of hydrogen-bond acceptors (Lipinski definition) is 4. The molecule has 0 radical (unpaired) electrons. The van der Waals surface area contributed by atoms with E-state index in [-0.39, 0.29) is 16.7 Å². The molecule has 0 amide bonds. The van der Waals surface area contributed by atoms with Gasteiger partial charge in [-0.3, -0.25) is 0 Å². The van der Waals surface area contributed by atoms with Gasteiger partial charge in [-0.15, -0.1) is 0 Å². The summed E-state index contributed by atoms with van der Waals surface area (Å²) in [6, 6.07) is 7.79. The lowest BCUT2D eigenvalue weighted by molar-refractivity contribution is 0.463. The van der Waals surface area contributed by atoms with Crippen molar-refractivity contribution >= 4 is 17.3 Å². The van der Waals surface area contributed by atoms with Gasteiger partial charge in [0.2, 0.25) is 5.88 Å². The summed E-state index contributed by atoms with van der Waals surface area (Å²) in [4.78, 5) is 7.74. The smallest absolute Gasteiger partial charge is 0.247 e. The van der Waals surface area contributed by atoms with Crippen LogP contribution in [-0.4, -0.2) is 9.97 Å². The van der Waals surface area contributed by atoms with Crippen molar-refractivity contribution in [2.75, 3.05) is 5.73 Å². The van der Waals surface area contributed by atoms with E-state index in [9.17, 15) is 0 Å². The Morgan fingerprint density at radius 2 is 2.06 bits per heavy atom. The molecule has 0 saturated carbocycles. The number of nitrogens with zero attached hydrogens (tertiary/aromatic N) is 2. The van der Waals surface area contributed by atoms with E-state index < -0.39 is 0 Å². The minimum absolute atomic E-state index is 0.194. The number of halogens is 1. The number of aromatic nitrogens is 2. The van der Waals surface area contributed by atoms with E-state index in [1.165, 1.54) is 11.9 Å². The van der Waals surface area contributed by atoms with Gasteiger partial charge < -0.3 is 10.5 Å². The Kier molecular flexibility index (Phi) is 3.67. The van der Waals surface area contributed by atoms with E-state index in [0.29, 0.717) is 11.7 Å². The van der Waals surface area contributed by atoms with E-state index in [0.717, 1.165) is 0 Å². The lowest BCUT2D eigenvalue weighted by Gasteiger charge is -2.10. The topological polar surface area (TPSA) is 61.0 Å². The van der Waals surface area contributed by atoms with Crippen LogP contribution in [0.2, 0.25) is 5.15 Å². The molecule has 0 unspecified atom stereocenters. The highest BCUT2D eigenvalue weighted by Gasteiger charge is 2.09. The molecule has 1 aromatic carbocycles. The van der Waals surface area contributed by atoms with Gasteiger partial charge in [0.05, 0.1) is 0 Å². The molecule has 0 fully saturated rings. The van der Waals surface area contributed by atoms with Crippen molar-refractivity contribution in [1.29, 1.82) is 0 Å². The van der Waals surface area contributed by atoms with Crippen molar-refractivity contribution < 1.29 is 4.74 Å². The zero-order valence-corrected chi connectivity index (χ0v) is 11.0. The van der Waals surface area contributed by atoms with Crippen LogP contribution >= 0.6 is 11.6 Å². The normalized spacial score (nSPS) is 10.7. The van der Waals surface area contributed by atoms with Gasteiger partial charge in [0.1, 0.15) is 17.8 Å². The van der Waals surface area contributed by atoms with E-state index in [4.69, 9.17) is 22.1 Å². The fourth-order valence-electron chi connectivity index (χ4n) is 1.49. The molecule has 2 rings (SSSR count). The van der Waals surface area contributed by atoms with Crippen LogP contribution < -0.4 is 10.5 Å². The molecule has 94 valence electrons. The van der Waals surface area contributed by atoms with Crippen molar-refractivity contribution in [3.05, 3.63) is 41.3 Å². The van der Waals surface area contributed by atoms with Crippen LogP contribution in [0.3, 0.4) is 0 Å². The third-order valence-electron chi connectivity index (χ3n) is 2.54. The molecule has 0 aliphatic carbocycles. The molecule has 0 aliphatic rings. The van der Waals surface area contributed by atoms with Gasteiger partial charge in [-0.05, 0) is 23.6 Å². The van der Waals surface area contributed by atoms with Crippen LogP contribution in [0, 0.1) is 0 Å². The average molecular weight is 264 g/mol. The monoisotopic (exact) mass is 263 g/mol. The SMILES string of the molecule is CC(C)c1cccc(Oc2ncnc(Cl)c2N)c1. The molecule has 0 bridgehead atoms. The summed E-state index contributed by atoms with van der Waals surface area (Å²) >= 11 is 5.81. The highest BCUT2D eigenvalue weighted by atomic mass is 35.5. The van der Waals surface area contributed by atoms with Crippen molar-refractivity contribution in [3.63, 3.8) is 0 Å². The molecule has 18 heavy (non-hydrogen) atoms. The van der Waals surface area contributed by atoms with Gasteiger partial charge in [0.15, 0.2) is 5.15 Å². The van der Waals surface area contributed by atoms with E-state index >= 15 is 0 Å². The molecule has 1 heterocycles. The molecule has 0 saturated heterocycles. The lowest BCUT2D eigenvalue weighted by atomic mass is 10.0. The largest absolute Gasteiger partial charge is 0.437 e. The molecule has 0 spiro atoms. The van der Waals surface area contributed by atoms with Crippen molar-refractivity contribution in [3.8, 4) is 11.6 Å². The van der Waals surface area contributed by atoms with E-state index in [1.54, 1.807) is 0 Å². The number of hydrogen-bond donors (Lipinski definition) is 1. The summed E-state index contributed by atoms with van der Waals surface area (Å²) in [6.45, 7) is 4.24. The van der Waals surface area contributed by atoms with Crippen LogP contribution in [0.25, 0.3) is 0 Å². The minimum Gasteiger partial charge on any atom is -0.437 e. The van der Waals surface area contributed by atoms with E-state index in [2.05, 4.69) is 23.8 Å². The Morgan fingerprint density at radius 1 is 1.28 bits per heavy atom. The maximum Gasteiger partial charge on any atom is 0.247 e. The van der Waals surface area contributed by atoms with Gasteiger partial charge in [-0.25, -0.2) is 4.98 Å². The number of anilines is 1. The van der Waals surface area contributed by atoms with Crippen molar-refractivity contribution in [1.82, 2.24) is 9.97 Å². The number of rotatable bonds is 3. The Bertz CT molecular complexity index is 558. The quantitative estimate of drug-likeness (QED) is 0.859. The van der Waals surface area contributed by atoms with Crippen LogP contribution in [0.15, 0.2) is 30.6 Å². The number of ether oxygens (including phenoxy) is 1. The molecule has 5 heteroatoms. The molecular weight excluding hydrogens is 250 g/mol. The third kappa shape index (κ3) is 2.71. The summed E-state index contributed by atoms with van der Waals surface area (Å²) in [5.74, 6) is 1.39. The predicted molar refractivity (Wildman–Crippen MR) is 72.1 cm³/mol. The zero-order valence-electron chi connectivity index (χ0n) is 10.2. The van der Waals surface area contributed by atoms with Gasteiger partial charge in [-0.1, -0.05) is 37.6 Å². The van der Waals surface area contributed by atoms with Crippen LogP contribution in [0.4, 0.5) is 5.69 Å². The average Bonchev–Trinajstić information content (AvgIpc) is 2.35. The third-order valence-corrected chi connectivity index (χ3v) is 2.84. The summed E-state index contributed by atoms with van der Waals surface area (Å²) in [6.07, 6.45) is 1.32. The van der Waals surface area contributed by atoms with Gasteiger partial charge in [0, 0.05) is 0 Å². The fourth-order valence-corrected chi connectivity index (χ4v) is 1.61. The first-order valence-electron chi connectivity index (χ1n) is 5.61. The molecule has 2 N–H and O–H groups in total. The zero-order chi connectivity index (χ0) is 13.1. The highest BCUT2D eigenvalue weighted by Crippen LogP contribution is 2.30. The Hall–Kier alpha value is -1.81. The number of benzene rings is 1. The number of nitrogen functional groups attached to an aromatic ring is 1. The van der Waals surface area contributed by atoms with Crippen LogP contribution in [0.1, 0.15) is 25.3 Å². The Labute approximate surface area is 111 Å². The van der Waals surface area contributed by atoms with Gasteiger partial charge in [0.25, 0.3) is 0 Å². The first kappa shape index (κ1) is 12.6. The first-order valence-corrected chi connectivity index (χ1v) is 5.99. The molecule has 2 aromatic rings. The maximum absolute atomic E-state index is 5.81. The van der Waals surface area contributed by atoms with Crippen molar-refractivity contribution in [2.24, 2.45) is 0 Å². The molecule has 0 aliphatic heterocycles. The minimum atomic E-state index is 0.194. The standard InChI is InChI=1S/C13H14ClN3O/c1-8(2)9-4-3-5-10(6-9)18-13-11(15)12(14)16-7-17-13/h3-8H,15H2,1-2H3. The Morgan fingerprint density at radius 3 is 2.78 bits per heavy atom. The highest BCUT2D eigenvalue weighted by molar-refractivity contribution is 6.32. The van der Waals surface area contributed by atoms with E-state index in [1.807, 2.05) is 24.3 Å².